The van der Waals surface area contributed by atoms with E-state index in [4.69, 9.17) is 16.6 Å². The summed E-state index contributed by atoms with van der Waals surface area (Å²) in [5.74, 6) is 1.20. The van der Waals surface area contributed by atoms with E-state index in [0.29, 0.717) is 10.8 Å². The minimum Gasteiger partial charge on any atom is -0.387 e. The first kappa shape index (κ1) is 42.1. The first-order valence-electron chi connectivity index (χ1n) is 17.6. The van der Waals surface area contributed by atoms with Crippen LogP contribution in [0.5, 0.6) is 0 Å². The summed E-state index contributed by atoms with van der Waals surface area (Å²) in [7, 11) is 0. The van der Waals surface area contributed by atoms with Crippen LogP contribution in [0.4, 0.5) is 8.78 Å². The molecule has 2 heterocycles. The topological polar surface area (TPSA) is 214 Å². The Bertz CT molecular complexity index is 1910. The number of nitrogens with zero attached hydrogens (tertiary/aromatic N) is 5. The van der Waals surface area contributed by atoms with Crippen LogP contribution in [0.3, 0.4) is 0 Å². The molecule has 5 amide bonds. The van der Waals surface area contributed by atoms with Crippen molar-refractivity contribution in [3.63, 3.8) is 0 Å². The lowest BCUT2D eigenvalue weighted by atomic mass is 9.84. The molecule has 0 saturated carbocycles. The number of hydrogen-bond donors (Lipinski definition) is 4. The van der Waals surface area contributed by atoms with Gasteiger partial charge < -0.3 is 25.6 Å². The number of carbonyl (C=O) groups is 6. The van der Waals surface area contributed by atoms with Crippen LogP contribution in [0.15, 0.2) is 66.9 Å². The van der Waals surface area contributed by atoms with Crippen molar-refractivity contribution < 1.29 is 42.7 Å². The number of aromatic nitrogens is 2. The van der Waals surface area contributed by atoms with Gasteiger partial charge in [0.2, 0.25) is 11.8 Å². The zero-order valence-corrected chi connectivity index (χ0v) is 30.9. The second kappa shape index (κ2) is 18.6. The summed E-state index contributed by atoms with van der Waals surface area (Å²) >= 11 is 0. The van der Waals surface area contributed by atoms with Crippen molar-refractivity contribution in [3.8, 4) is 11.3 Å². The van der Waals surface area contributed by atoms with Crippen molar-refractivity contribution in [1.29, 1.82) is 0 Å². The van der Waals surface area contributed by atoms with Crippen LogP contribution in [-0.4, -0.2) is 104 Å². The number of rotatable bonds is 18. The molecule has 0 spiro atoms. The number of aliphatic hydroxyl groups excluding tert-OH is 1. The van der Waals surface area contributed by atoms with E-state index < -0.39 is 84.1 Å². The van der Waals surface area contributed by atoms with Gasteiger partial charge in [0, 0.05) is 50.0 Å². The van der Waals surface area contributed by atoms with Gasteiger partial charge in [0.15, 0.2) is 5.78 Å². The molecule has 0 saturated heterocycles. The first-order chi connectivity index (χ1) is 26.0. The molecule has 4 rings (SSSR count). The van der Waals surface area contributed by atoms with Crippen LogP contribution in [0.25, 0.3) is 11.3 Å². The fourth-order valence-corrected chi connectivity index (χ4v) is 6.12. The number of imide groups is 1. The average Bonchev–Trinajstić information content (AvgIpc) is 3.69. The molecule has 0 aliphatic carbocycles. The predicted octanol–water partition coefficient (Wildman–Crippen LogP) is 1.59. The number of hydrazine groups is 1. The van der Waals surface area contributed by atoms with Gasteiger partial charge in [-0.05, 0) is 42.0 Å². The molecular weight excluding hydrogens is 718 g/mol. The van der Waals surface area contributed by atoms with Gasteiger partial charge in [-0.2, -0.15) is 0 Å². The molecule has 2 atom stereocenters. The molecule has 17 heteroatoms. The van der Waals surface area contributed by atoms with Crippen LogP contribution < -0.4 is 16.9 Å². The third-order valence-corrected chi connectivity index (χ3v) is 8.82. The van der Waals surface area contributed by atoms with Crippen LogP contribution in [0, 0.1) is 17.0 Å². The van der Waals surface area contributed by atoms with Crippen molar-refractivity contribution >= 4 is 35.3 Å². The minimum absolute atomic E-state index is 0.0528. The van der Waals surface area contributed by atoms with E-state index in [1.807, 2.05) is 51.1 Å². The number of amides is 5. The fourth-order valence-electron chi connectivity index (χ4n) is 6.12. The lowest BCUT2D eigenvalue weighted by Crippen LogP contribution is -2.51. The van der Waals surface area contributed by atoms with Crippen LogP contribution in [0.1, 0.15) is 57.5 Å². The monoisotopic (exact) mass is 764 g/mol. The quantitative estimate of drug-likeness (QED) is 0.0483. The van der Waals surface area contributed by atoms with E-state index in [1.165, 1.54) is 4.90 Å². The Morgan fingerprint density at radius 2 is 1.69 bits per heavy atom. The summed E-state index contributed by atoms with van der Waals surface area (Å²) in [6.07, 6.45) is 3.71. The van der Waals surface area contributed by atoms with Crippen molar-refractivity contribution in [2.45, 2.75) is 58.7 Å². The fraction of sp³-hybridized carbons (Fsp3) is 0.395. The molecule has 294 valence electrons. The maximum absolute atomic E-state index is 15.0. The number of hydrogen-bond acceptors (Lipinski definition) is 10. The van der Waals surface area contributed by atoms with Gasteiger partial charge in [0.05, 0.1) is 24.3 Å². The Morgan fingerprint density at radius 3 is 2.33 bits per heavy atom. The van der Waals surface area contributed by atoms with E-state index in [-0.39, 0.29) is 50.2 Å². The van der Waals surface area contributed by atoms with Gasteiger partial charge in [-0.15, -0.1) is 0 Å². The highest BCUT2D eigenvalue weighted by Crippen LogP contribution is 2.39. The van der Waals surface area contributed by atoms with Gasteiger partial charge in [-0.1, -0.05) is 51.1 Å². The van der Waals surface area contributed by atoms with E-state index >= 15 is 0 Å². The Labute approximate surface area is 316 Å². The number of nitrogens with two attached hydrogens (primary N) is 2. The van der Waals surface area contributed by atoms with Gasteiger partial charge >= 0.3 is 0 Å². The maximum atomic E-state index is 15.0. The molecule has 3 aromatic rings. The van der Waals surface area contributed by atoms with E-state index in [1.54, 1.807) is 10.8 Å². The zero-order valence-electron chi connectivity index (χ0n) is 30.9. The third-order valence-electron chi connectivity index (χ3n) is 8.82. The number of aliphatic hydroxyl groups is 1. The third kappa shape index (κ3) is 11.2. The summed E-state index contributed by atoms with van der Waals surface area (Å²) in [5, 5.41) is 13.3. The van der Waals surface area contributed by atoms with Crippen LogP contribution >= 0.6 is 0 Å². The largest absolute Gasteiger partial charge is 0.387 e. The van der Waals surface area contributed by atoms with Crippen molar-refractivity contribution in [3.05, 3.63) is 89.9 Å². The normalized spacial score (nSPS) is 13.9. The smallest absolute Gasteiger partial charge is 0.254 e. The zero-order chi connectivity index (χ0) is 40.4. The highest BCUT2D eigenvalue weighted by molar-refractivity contribution is 6.14. The number of Topliss-reactive ketones (excluding diaryl/α,β-unsaturated/α-hetero) is 1. The lowest BCUT2D eigenvalue weighted by Gasteiger charge is -2.40. The average molecular weight is 765 g/mol. The molecule has 1 aromatic heterocycles. The molecular formula is C38H46F2N8O7. The maximum Gasteiger partial charge on any atom is 0.254 e. The highest BCUT2D eigenvalue weighted by Gasteiger charge is 2.39. The second-order valence-electron chi connectivity index (χ2n) is 14.2. The predicted molar refractivity (Wildman–Crippen MR) is 196 cm³/mol. The Balaban J connectivity index is 1.44. The number of nitrogens with one attached hydrogen (secondary N) is 1. The Kier molecular flexibility index (Phi) is 14.2. The van der Waals surface area contributed by atoms with E-state index in [9.17, 15) is 42.7 Å². The Morgan fingerprint density at radius 1 is 1.02 bits per heavy atom. The molecule has 2 aromatic carbocycles. The highest BCUT2D eigenvalue weighted by atomic mass is 19.1. The van der Waals surface area contributed by atoms with Gasteiger partial charge in [-0.25, -0.2) is 19.6 Å². The van der Waals surface area contributed by atoms with Crippen molar-refractivity contribution in [2.75, 3.05) is 32.8 Å². The lowest BCUT2D eigenvalue weighted by molar-refractivity contribution is -0.141. The Hall–Kier alpha value is -5.65. The molecule has 0 unspecified atom stereocenters. The number of halogens is 2. The summed E-state index contributed by atoms with van der Waals surface area (Å²) in [6.45, 7) is 3.88. The molecule has 15 nitrogen and oxygen atoms in total. The number of carbonyl (C=O) groups excluding carboxylic acids is 6. The van der Waals surface area contributed by atoms with Gasteiger partial charge in [0.25, 0.3) is 17.7 Å². The van der Waals surface area contributed by atoms with E-state index in [0.717, 1.165) is 40.8 Å². The molecule has 6 N–H and O–H groups in total. The second-order valence-corrected chi connectivity index (χ2v) is 14.2. The molecule has 55 heavy (non-hydrogen) atoms. The van der Waals surface area contributed by atoms with Crippen molar-refractivity contribution in [1.82, 2.24) is 29.7 Å². The minimum atomic E-state index is -1.27. The first-order valence-corrected chi connectivity index (χ1v) is 17.6. The molecule has 1 aliphatic rings. The molecule has 0 bridgehead atoms. The van der Waals surface area contributed by atoms with Crippen LogP contribution in [0.2, 0.25) is 0 Å². The van der Waals surface area contributed by atoms with Crippen LogP contribution in [-0.2, 0) is 35.3 Å². The SMILES string of the molecule is CC(C)(C)[C@H](c1nc(-c2cc(F)ccc2F)cn1Cc1ccccc1)N(CC[C@H](N)C(=O)N(N)CC(=O)CCCNC(=O)CN1C(=O)C=CC1=O)C(=O)CO. The van der Waals surface area contributed by atoms with Gasteiger partial charge in [0.1, 0.15) is 30.6 Å². The van der Waals surface area contributed by atoms with Crippen molar-refractivity contribution in [2.24, 2.45) is 17.0 Å². The molecule has 1 aliphatic heterocycles. The standard InChI is InChI=1S/C38H46F2N8O7/c1-38(2,3)35(36-44-30(27-18-25(39)11-12-28(27)40)21-45(36)19-24-8-5-4-6-9-24)46(34(54)23-49)17-15-29(41)37(55)48(42)20-26(50)10-7-16-43-31(51)22-47-32(52)13-14-33(47)53/h4-6,8-9,11-14,18,21,29,35,49H,7,10,15-17,19-20,22-23,41-42H2,1-3H3,(H,43,51)/t29-,35-/m0/s1. The van der Waals surface area contributed by atoms with Gasteiger partial charge in [-0.3, -0.25) is 38.7 Å². The number of imidazole rings is 1. The number of ketones is 1. The number of benzene rings is 2. The summed E-state index contributed by atoms with van der Waals surface area (Å²) in [6, 6.07) is 10.2. The molecule has 0 radical (unpaired) electrons. The molecule has 0 fully saturated rings. The van der Waals surface area contributed by atoms with E-state index in [2.05, 4.69) is 5.32 Å². The summed E-state index contributed by atoms with van der Waals surface area (Å²) < 4.78 is 31.0. The summed E-state index contributed by atoms with van der Waals surface area (Å²) in [5.41, 5.74) is 6.37. The summed E-state index contributed by atoms with van der Waals surface area (Å²) in [4.78, 5) is 81.3.